The van der Waals surface area contributed by atoms with Gasteiger partial charge < -0.3 is 0 Å². The summed E-state index contributed by atoms with van der Waals surface area (Å²) in [7, 11) is 0. The largest absolute Gasteiger partial charge is 0.296 e. The van der Waals surface area contributed by atoms with E-state index in [0.29, 0.717) is 0 Å². The first-order chi connectivity index (χ1) is 25.8. The number of imidazole rings is 1. The van der Waals surface area contributed by atoms with Crippen LogP contribution in [0.15, 0.2) is 164 Å². The molecule has 0 fully saturated rings. The van der Waals surface area contributed by atoms with Gasteiger partial charge in [0.05, 0.1) is 11.0 Å². The number of aryl methyl sites for hydroxylation is 1. The molecule has 0 saturated heterocycles. The van der Waals surface area contributed by atoms with Crippen LogP contribution in [0, 0.1) is 0 Å². The molecule has 0 atom stereocenters. The number of fused-ring (bicyclic) bond motifs is 11. The number of aromatic nitrogens is 2. The molecule has 0 bridgehead atoms. The first kappa shape index (κ1) is 29.4. The SMILES string of the molecule is CCc1nc2ccccc2n1-c1ccc(-c2c3ccccc3c(-c3ccc4sc5c6ccccc6c6ccccc6c5c4c3)c3ccccc23)cc1. The van der Waals surface area contributed by atoms with Crippen molar-refractivity contribution in [1.29, 1.82) is 0 Å². The monoisotopic (exact) mass is 680 g/mol. The van der Waals surface area contributed by atoms with Crippen LogP contribution in [0.3, 0.4) is 0 Å². The number of nitrogens with zero attached hydrogens (tertiary/aromatic N) is 2. The van der Waals surface area contributed by atoms with Gasteiger partial charge in [-0.25, -0.2) is 4.98 Å². The van der Waals surface area contributed by atoms with E-state index in [4.69, 9.17) is 4.98 Å². The molecule has 11 aromatic rings. The Hall–Kier alpha value is -6.29. The van der Waals surface area contributed by atoms with Crippen LogP contribution in [0.5, 0.6) is 0 Å². The van der Waals surface area contributed by atoms with Crippen molar-refractivity contribution in [3.05, 3.63) is 170 Å². The summed E-state index contributed by atoms with van der Waals surface area (Å²) in [6.07, 6.45) is 0.868. The summed E-state index contributed by atoms with van der Waals surface area (Å²) in [5.74, 6) is 1.07. The molecule has 0 aliphatic carbocycles. The predicted octanol–water partition coefficient (Wildman–Crippen LogP) is 13.9. The van der Waals surface area contributed by atoms with Crippen molar-refractivity contribution >= 4 is 85.6 Å². The number of benzene rings is 9. The standard InChI is InChI=1S/C49H32N2S/c1-2-45-50-42-21-11-12-22-43(42)51(45)32-26-23-30(24-27-32)46-36-16-6-8-18-38(36)47(39-19-9-7-17-37(39)46)31-25-28-44-41(29-31)48-35-15-5-3-13-33(35)34-14-4-10-20-40(34)49(48)52-44/h3-29H,2H2,1H3. The third-order valence-corrected chi connectivity index (χ3v) is 12.1. The second-order valence-electron chi connectivity index (χ2n) is 13.7. The van der Waals surface area contributed by atoms with Gasteiger partial charge in [0, 0.05) is 37.7 Å². The number of thiophene rings is 1. The van der Waals surface area contributed by atoms with E-state index in [1.807, 2.05) is 11.3 Å². The Morgan fingerprint density at radius 3 is 1.65 bits per heavy atom. The van der Waals surface area contributed by atoms with Gasteiger partial charge in [-0.3, -0.25) is 4.57 Å². The highest BCUT2D eigenvalue weighted by Gasteiger charge is 2.20. The maximum Gasteiger partial charge on any atom is 0.114 e. The average molecular weight is 681 g/mol. The lowest BCUT2D eigenvalue weighted by atomic mass is 9.85. The normalized spacial score (nSPS) is 12.0. The summed E-state index contributed by atoms with van der Waals surface area (Å²) in [6, 6.07) is 60.4. The van der Waals surface area contributed by atoms with Crippen molar-refractivity contribution in [2.24, 2.45) is 0 Å². The van der Waals surface area contributed by atoms with Crippen LogP contribution in [-0.4, -0.2) is 9.55 Å². The topological polar surface area (TPSA) is 17.8 Å². The van der Waals surface area contributed by atoms with Crippen molar-refractivity contribution in [2.45, 2.75) is 13.3 Å². The molecule has 0 saturated carbocycles. The highest BCUT2D eigenvalue weighted by molar-refractivity contribution is 7.27. The minimum atomic E-state index is 0.868. The van der Waals surface area contributed by atoms with Gasteiger partial charge in [0.2, 0.25) is 0 Å². The highest BCUT2D eigenvalue weighted by atomic mass is 32.1. The first-order valence-electron chi connectivity index (χ1n) is 18.0. The minimum absolute atomic E-state index is 0.868. The highest BCUT2D eigenvalue weighted by Crippen LogP contribution is 2.48. The predicted molar refractivity (Wildman–Crippen MR) is 224 cm³/mol. The van der Waals surface area contributed by atoms with Gasteiger partial charge in [0.15, 0.2) is 0 Å². The van der Waals surface area contributed by atoms with E-state index in [1.165, 1.54) is 85.5 Å². The maximum atomic E-state index is 4.93. The van der Waals surface area contributed by atoms with Crippen LogP contribution >= 0.6 is 11.3 Å². The fraction of sp³-hybridized carbons (Fsp3) is 0.0408. The number of rotatable bonds is 4. The van der Waals surface area contributed by atoms with Gasteiger partial charge in [-0.05, 0) is 96.4 Å². The molecule has 244 valence electrons. The Labute approximate surface area is 304 Å². The summed E-state index contributed by atoms with van der Waals surface area (Å²) >= 11 is 1.91. The fourth-order valence-electron chi connectivity index (χ4n) is 8.69. The lowest BCUT2D eigenvalue weighted by Crippen LogP contribution is -2.00. The zero-order valence-electron chi connectivity index (χ0n) is 28.6. The quantitative estimate of drug-likeness (QED) is 0.134. The Morgan fingerprint density at radius 2 is 1.00 bits per heavy atom. The van der Waals surface area contributed by atoms with E-state index in [2.05, 4.69) is 175 Å². The Kier molecular flexibility index (Phi) is 6.43. The molecule has 2 aromatic heterocycles. The molecule has 0 aliphatic heterocycles. The third kappa shape index (κ3) is 4.20. The van der Waals surface area contributed by atoms with Gasteiger partial charge in [0.1, 0.15) is 5.82 Å². The van der Waals surface area contributed by atoms with E-state index >= 15 is 0 Å². The molecule has 52 heavy (non-hydrogen) atoms. The zero-order valence-corrected chi connectivity index (χ0v) is 29.4. The molecule has 0 spiro atoms. The Morgan fingerprint density at radius 1 is 0.481 bits per heavy atom. The van der Waals surface area contributed by atoms with E-state index in [9.17, 15) is 0 Å². The van der Waals surface area contributed by atoms with E-state index < -0.39 is 0 Å². The van der Waals surface area contributed by atoms with Crippen LogP contribution in [0.2, 0.25) is 0 Å². The Balaban J connectivity index is 1.15. The molecule has 0 unspecified atom stereocenters. The molecule has 0 N–H and O–H groups in total. The summed E-state index contributed by atoms with van der Waals surface area (Å²) in [6.45, 7) is 2.18. The molecule has 0 aliphatic rings. The molecule has 0 amide bonds. The van der Waals surface area contributed by atoms with Crippen molar-refractivity contribution in [3.8, 4) is 27.9 Å². The van der Waals surface area contributed by atoms with E-state index in [0.717, 1.165) is 29.0 Å². The second kappa shape index (κ2) is 11.4. The zero-order chi connectivity index (χ0) is 34.3. The molecule has 2 heterocycles. The summed E-state index contributed by atoms with van der Waals surface area (Å²) in [5.41, 5.74) is 8.33. The molecular formula is C49H32N2S. The smallest absolute Gasteiger partial charge is 0.114 e. The van der Waals surface area contributed by atoms with Gasteiger partial charge in [-0.2, -0.15) is 0 Å². The van der Waals surface area contributed by atoms with Gasteiger partial charge in [-0.15, -0.1) is 11.3 Å². The number of hydrogen-bond donors (Lipinski definition) is 0. The van der Waals surface area contributed by atoms with Crippen LogP contribution in [0.1, 0.15) is 12.7 Å². The van der Waals surface area contributed by atoms with Gasteiger partial charge >= 0.3 is 0 Å². The van der Waals surface area contributed by atoms with Crippen LogP contribution in [-0.2, 0) is 6.42 Å². The lowest BCUT2D eigenvalue weighted by Gasteiger charge is -2.18. The van der Waals surface area contributed by atoms with Crippen LogP contribution in [0.4, 0.5) is 0 Å². The summed E-state index contributed by atoms with van der Waals surface area (Å²) in [5, 5.41) is 13.0. The Bertz CT molecular complexity index is 3160. The summed E-state index contributed by atoms with van der Waals surface area (Å²) < 4.78 is 4.99. The third-order valence-electron chi connectivity index (χ3n) is 10.9. The first-order valence-corrected chi connectivity index (χ1v) is 18.8. The molecule has 9 aromatic carbocycles. The van der Waals surface area contributed by atoms with Crippen molar-refractivity contribution in [3.63, 3.8) is 0 Å². The second-order valence-corrected chi connectivity index (χ2v) is 14.8. The van der Waals surface area contributed by atoms with Gasteiger partial charge in [-0.1, -0.05) is 134 Å². The summed E-state index contributed by atoms with van der Waals surface area (Å²) in [4.78, 5) is 4.93. The van der Waals surface area contributed by atoms with E-state index in [1.54, 1.807) is 0 Å². The number of hydrogen-bond acceptors (Lipinski definition) is 2. The van der Waals surface area contributed by atoms with Gasteiger partial charge in [0.25, 0.3) is 0 Å². The number of para-hydroxylation sites is 2. The minimum Gasteiger partial charge on any atom is -0.296 e. The lowest BCUT2D eigenvalue weighted by molar-refractivity contribution is 0.908. The molecule has 3 heteroatoms. The molecular weight excluding hydrogens is 649 g/mol. The van der Waals surface area contributed by atoms with E-state index in [-0.39, 0.29) is 0 Å². The van der Waals surface area contributed by atoms with Crippen molar-refractivity contribution < 1.29 is 0 Å². The van der Waals surface area contributed by atoms with Crippen LogP contribution < -0.4 is 0 Å². The van der Waals surface area contributed by atoms with Crippen molar-refractivity contribution in [2.75, 3.05) is 0 Å². The fourth-order valence-corrected chi connectivity index (χ4v) is 9.93. The molecule has 0 radical (unpaired) electrons. The maximum absolute atomic E-state index is 4.93. The van der Waals surface area contributed by atoms with Crippen LogP contribution in [0.25, 0.3) is 102 Å². The molecule has 2 nitrogen and oxygen atoms in total. The average Bonchev–Trinajstić information content (AvgIpc) is 3.79. The molecule has 11 rings (SSSR count). The van der Waals surface area contributed by atoms with Crippen molar-refractivity contribution in [1.82, 2.24) is 9.55 Å².